The van der Waals surface area contributed by atoms with E-state index in [-0.39, 0.29) is 24.2 Å². The van der Waals surface area contributed by atoms with Crippen LogP contribution in [0.1, 0.15) is 25.3 Å². The van der Waals surface area contributed by atoms with Crippen LogP contribution in [0.15, 0.2) is 24.3 Å². The summed E-state index contributed by atoms with van der Waals surface area (Å²) < 4.78 is 5.45. The van der Waals surface area contributed by atoms with E-state index in [0.717, 1.165) is 37.2 Å². The number of carbonyl (C=O) groups excluding carboxylic acids is 1. The van der Waals surface area contributed by atoms with Crippen molar-refractivity contribution in [2.24, 2.45) is 5.92 Å². The number of hydrogen-bond acceptors (Lipinski definition) is 3. The third kappa shape index (κ3) is 5.02. The zero-order valence-electron chi connectivity index (χ0n) is 11.9. The van der Waals surface area contributed by atoms with Crippen LogP contribution in [-0.4, -0.2) is 25.6 Å². The molecule has 1 aliphatic heterocycles. The lowest BCUT2D eigenvalue weighted by atomic mass is 9.99. The summed E-state index contributed by atoms with van der Waals surface area (Å²) in [6.07, 6.45) is 2.07. The van der Waals surface area contributed by atoms with E-state index in [1.807, 2.05) is 31.2 Å². The van der Waals surface area contributed by atoms with Gasteiger partial charge < -0.3 is 15.4 Å². The molecule has 0 bridgehead atoms. The number of ether oxygens (including phenoxy) is 1. The fraction of sp³-hybridized carbons (Fsp3) is 0.533. The monoisotopic (exact) mass is 298 g/mol. The number of carbonyl (C=O) groups is 1. The van der Waals surface area contributed by atoms with Crippen LogP contribution in [0, 0.1) is 5.92 Å². The normalized spacial score (nSPS) is 17.9. The maximum atomic E-state index is 12.0. The molecule has 1 amide bonds. The summed E-state index contributed by atoms with van der Waals surface area (Å²) in [5.41, 5.74) is 1.07. The van der Waals surface area contributed by atoms with Crippen LogP contribution < -0.4 is 15.4 Å². The van der Waals surface area contributed by atoms with Crippen LogP contribution in [0.2, 0.25) is 0 Å². The molecule has 1 aromatic rings. The van der Waals surface area contributed by atoms with E-state index < -0.39 is 0 Å². The van der Waals surface area contributed by atoms with Gasteiger partial charge in [0.05, 0.1) is 12.5 Å². The highest BCUT2D eigenvalue weighted by molar-refractivity contribution is 5.85. The summed E-state index contributed by atoms with van der Waals surface area (Å²) in [5.74, 6) is 1.12. The van der Waals surface area contributed by atoms with Crippen molar-refractivity contribution in [1.29, 1.82) is 0 Å². The first-order chi connectivity index (χ1) is 9.29. The summed E-state index contributed by atoms with van der Waals surface area (Å²) in [4.78, 5) is 12.0. The molecule has 0 saturated carbocycles. The largest absolute Gasteiger partial charge is 0.494 e. The number of rotatable bonds is 5. The maximum absolute atomic E-state index is 12.0. The smallest absolute Gasteiger partial charge is 0.224 e. The minimum atomic E-state index is 0. The molecule has 2 rings (SSSR count). The van der Waals surface area contributed by atoms with E-state index in [0.29, 0.717) is 13.2 Å². The van der Waals surface area contributed by atoms with Gasteiger partial charge in [-0.15, -0.1) is 12.4 Å². The lowest BCUT2D eigenvalue weighted by Gasteiger charge is -2.21. The van der Waals surface area contributed by atoms with Crippen molar-refractivity contribution in [3.63, 3.8) is 0 Å². The molecule has 20 heavy (non-hydrogen) atoms. The molecule has 1 saturated heterocycles. The summed E-state index contributed by atoms with van der Waals surface area (Å²) >= 11 is 0. The quantitative estimate of drug-likeness (QED) is 0.875. The number of piperidine rings is 1. The molecule has 1 aliphatic rings. The Morgan fingerprint density at radius 2 is 2.35 bits per heavy atom. The van der Waals surface area contributed by atoms with Gasteiger partial charge >= 0.3 is 0 Å². The molecule has 1 heterocycles. The lowest BCUT2D eigenvalue weighted by molar-refractivity contribution is -0.125. The Kier molecular flexibility index (Phi) is 7.41. The highest BCUT2D eigenvalue weighted by Gasteiger charge is 2.20. The van der Waals surface area contributed by atoms with Crippen LogP contribution in [0.4, 0.5) is 0 Å². The fourth-order valence-electron chi connectivity index (χ4n) is 2.32. The topological polar surface area (TPSA) is 50.4 Å². The Morgan fingerprint density at radius 3 is 3.05 bits per heavy atom. The lowest BCUT2D eigenvalue weighted by Crippen LogP contribution is -2.40. The first-order valence-electron chi connectivity index (χ1n) is 6.99. The Labute approximate surface area is 126 Å². The van der Waals surface area contributed by atoms with Gasteiger partial charge in [-0.05, 0) is 44.0 Å². The molecule has 5 heteroatoms. The van der Waals surface area contributed by atoms with Gasteiger partial charge in [-0.25, -0.2) is 0 Å². The number of nitrogens with one attached hydrogen (secondary N) is 2. The molecule has 1 fully saturated rings. The Morgan fingerprint density at radius 1 is 1.50 bits per heavy atom. The number of amides is 1. The van der Waals surface area contributed by atoms with Crippen LogP contribution >= 0.6 is 12.4 Å². The van der Waals surface area contributed by atoms with Gasteiger partial charge in [0.1, 0.15) is 5.75 Å². The van der Waals surface area contributed by atoms with E-state index in [1.165, 1.54) is 0 Å². The standard InChI is InChI=1S/C15H22N2O2.ClH/c1-2-19-14-7-3-5-12(9-14)10-17-15(18)13-6-4-8-16-11-13;/h3,5,7,9,13,16H,2,4,6,8,10-11H2,1H3,(H,17,18);1H/t13-;/m1./s1. The van der Waals surface area contributed by atoms with Crippen molar-refractivity contribution in [3.8, 4) is 5.75 Å². The Balaban J connectivity index is 0.00000200. The second-order valence-corrected chi connectivity index (χ2v) is 4.84. The summed E-state index contributed by atoms with van der Waals surface area (Å²) in [6, 6.07) is 7.86. The molecule has 0 radical (unpaired) electrons. The average molecular weight is 299 g/mol. The molecular weight excluding hydrogens is 276 g/mol. The number of halogens is 1. The zero-order valence-corrected chi connectivity index (χ0v) is 12.7. The molecule has 1 atom stereocenters. The summed E-state index contributed by atoms with van der Waals surface area (Å²) in [7, 11) is 0. The van der Waals surface area contributed by atoms with Crippen molar-refractivity contribution in [2.75, 3.05) is 19.7 Å². The van der Waals surface area contributed by atoms with Crippen LogP contribution in [-0.2, 0) is 11.3 Å². The highest BCUT2D eigenvalue weighted by Crippen LogP contribution is 2.14. The zero-order chi connectivity index (χ0) is 13.5. The SMILES string of the molecule is CCOc1cccc(CNC(=O)[C@@H]2CCCNC2)c1.Cl. The van der Waals surface area contributed by atoms with Crippen molar-refractivity contribution >= 4 is 18.3 Å². The third-order valence-corrected chi connectivity index (χ3v) is 3.34. The van der Waals surface area contributed by atoms with E-state index in [2.05, 4.69) is 10.6 Å². The van der Waals surface area contributed by atoms with Crippen LogP contribution in [0.5, 0.6) is 5.75 Å². The van der Waals surface area contributed by atoms with E-state index in [4.69, 9.17) is 4.74 Å². The van der Waals surface area contributed by atoms with E-state index in [1.54, 1.807) is 0 Å². The molecule has 0 unspecified atom stereocenters. The molecule has 112 valence electrons. The molecule has 2 N–H and O–H groups in total. The van der Waals surface area contributed by atoms with Crippen molar-refractivity contribution in [2.45, 2.75) is 26.3 Å². The van der Waals surface area contributed by atoms with Crippen molar-refractivity contribution in [3.05, 3.63) is 29.8 Å². The van der Waals surface area contributed by atoms with Gasteiger partial charge in [-0.1, -0.05) is 12.1 Å². The second-order valence-electron chi connectivity index (χ2n) is 4.84. The molecule has 0 aliphatic carbocycles. The minimum absolute atomic E-state index is 0. The van der Waals surface area contributed by atoms with Crippen molar-refractivity contribution in [1.82, 2.24) is 10.6 Å². The van der Waals surface area contributed by atoms with Gasteiger partial charge in [0.2, 0.25) is 5.91 Å². The number of hydrogen-bond donors (Lipinski definition) is 2. The van der Waals surface area contributed by atoms with Gasteiger partial charge in [0.25, 0.3) is 0 Å². The molecule has 0 spiro atoms. The molecule has 1 aromatic carbocycles. The predicted molar refractivity (Wildman–Crippen MR) is 82.3 cm³/mol. The highest BCUT2D eigenvalue weighted by atomic mass is 35.5. The van der Waals surface area contributed by atoms with E-state index >= 15 is 0 Å². The average Bonchev–Trinajstić information content (AvgIpc) is 2.46. The van der Waals surface area contributed by atoms with Crippen LogP contribution in [0.3, 0.4) is 0 Å². The van der Waals surface area contributed by atoms with Gasteiger partial charge in [0, 0.05) is 13.1 Å². The van der Waals surface area contributed by atoms with Gasteiger partial charge in [-0.3, -0.25) is 4.79 Å². The molecule has 4 nitrogen and oxygen atoms in total. The molecular formula is C15H23ClN2O2. The fourth-order valence-corrected chi connectivity index (χ4v) is 2.32. The van der Waals surface area contributed by atoms with Crippen LogP contribution in [0.25, 0.3) is 0 Å². The van der Waals surface area contributed by atoms with Crippen molar-refractivity contribution < 1.29 is 9.53 Å². The Bertz CT molecular complexity index is 420. The maximum Gasteiger partial charge on any atom is 0.224 e. The van der Waals surface area contributed by atoms with Gasteiger partial charge in [0.15, 0.2) is 0 Å². The third-order valence-electron chi connectivity index (χ3n) is 3.34. The number of benzene rings is 1. The van der Waals surface area contributed by atoms with Gasteiger partial charge in [-0.2, -0.15) is 0 Å². The summed E-state index contributed by atoms with van der Waals surface area (Å²) in [5, 5.41) is 6.26. The minimum Gasteiger partial charge on any atom is -0.494 e. The Hall–Kier alpha value is -1.26. The first kappa shape index (κ1) is 16.8. The van der Waals surface area contributed by atoms with E-state index in [9.17, 15) is 4.79 Å². The molecule has 0 aromatic heterocycles. The predicted octanol–water partition coefficient (Wildman–Crippen LogP) is 2.12. The second kappa shape index (κ2) is 8.82. The first-order valence-corrected chi connectivity index (χ1v) is 6.99. The summed E-state index contributed by atoms with van der Waals surface area (Å²) in [6.45, 7) is 5.01.